The maximum atomic E-state index is 12.6. The smallest absolute Gasteiger partial charge is 0.339 e. The molecule has 6 nitrogen and oxygen atoms in total. The molecule has 0 atom stereocenters. The Morgan fingerprint density at radius 1 is 1.19 bits per heavy atom. The minimum absolute atomic E-state index is 0.269. The number of carboxylic acids is 1. The lowest BCUT2D eigenvalue weighted by Gasteiger charge is -2.40. The van der Waals surface area contributed by atoms with Crippen molar-refractivity contribution in [2.45, 2.75) is 31.8 Å². The number of fused-ring (bicyclic) bond motifs is 1. The van der Waals surface area contributed by atoms with E-state index in [0.717, 1.165) is 54.9 Å². The van der Waals surface area contributed by atoms with Gasteiger partial charge in [-0.25, -0.2) is 4.79 Å². The van der Waals surface area contributed by atoms with Gasteiger partial charge in [0.15, 0.2) is 0 Å². The SMILES string of the molecule is COC1CN(c2ccc(C(=O)Nc3sc4c(c3C(=O)O)CCCC4)cc2)C1. The van der Waals surface area contributed by atoms with E-state index in [0.29, 0.717) is 10.6 Å². The lowest BCUT2D eigenvalue weighted by molar-refractivity contribution is 0.0697. The standard InChI is InChI=1S/C20H22N2O4S/c1-26-14-10-22(11-14)13-8-6-12(7-9-13)18(23)21-19-17(20(24)25)15-4-2-3-5-16(15)27-19/h6-9,14H,2-5,10-11H2,1H3,(H,21,23)(H,24,25). The molecular formula is C20H22N2O4S. The summed E-state index contributed by atoms with van der Waals surface area (Å²) < 4.78 is 5.28. The highest BCUT2D eigenvalue weighted by molar-refractivity contribution is 7.17. The third-order valence-electron chi connectivity index (χ3n) is 5.29. The molecule has 1 aromatic carbocycles. The van der Waals surface area contributed by atoms with Gasteiger partial charge in [0.2, 0.25) is 0 Å². The van der Waals surface area contributed by atoms with Gasteiger partial charge >= 0.3 is 5.97 Å². The van der Waals surface area contributed by atoms with E-state index in [4.69, 9.17) is 4.74 Å². The first-order valence-corrected chi connectivity index (χ1v) is 9.95. The van der Waals surface area contributed by atoms with Crippen LogP contribution in [0.5, 0.6) is 0 Å². The quantitative estimate of drug-likeness (QED) is 0.823. The van der Waals surface area contributed by atoms with E-state index in [9.17, 15) is 14.7 Å². The molecular weight excluding hydrogens is 364 g/mol. The summed E-state index contributed by atoms with van der Waals surface area (Å²) in [6.45, 7) is 1.70. The highest BCUT2D eigenvalue weighted by Gasteiger charge is 2.28. The molecule has 0 spiro atoms. The van der Waals surface area contributed by atoms with Gasteiger partial charge in [0.05, 0.1) is 11.7 Å². The second kappa shape index (κ2) is 7.32. The van der Waals surface area contributed by atoms with E-state index >= 15 is 0 Å². The summed E-state index contributed by atoms with van der Waals surface area (Å²) in [5, 5.41) is 12.9. The Hall–Kier alpha value is -2.38. The third kappa shape index (κ3) is 3.44. The van der Waals surface area contributed by atoms with Crippen LogP contribution in [0.3, 0.4) is 0 Å². The van der Waals surface area contributed by atoms with Crippen molar-refractivity contribution in [3.8, 4) is 0 Å². The molecule has 1 saturated heterocycles. The van der Waals surface area contributed by atoms with Crippen molar-refractivity contribution in [1.29, 1.82) is 0 Å². The Labute approximate surface area is 161 Å². The maximum absolute atomic E-state index is 12.6. The van der Waals surface area contributed by atoms with E-state index in [-0.39, 0.29) is 17.6 Å². The van der Waals surface area contributed by atoms with Crippen LogP contribution in [0, 0.1) is 0 Å². The van der Waals surface area contributed by atoms with Gasteiger partial charge in [-0.2, -0.15) is 0 Å². The predicted octanol–water partition coefficient (Wildman–Crippen LogP) is 3.41. The molecule has 27 heavy (non-hydrogen) atoms. The van der Waals surface area contributed by atoms with Gasteiger partial charge < -0.3 is 20.1 Å². The first kappa shape index (κ1) is 18.0. The van der Waals surface area contributed by atoms with Crippen molar-refractivity contribution >= 4 is 33.9 Å². The number of nitrogens with one attached hydrogen (secondary N) is 1. The topological polar surface area (TPSA) is 78.9 Å². The minimum Gasteiger partial charge on any atom is -0.478 e. The number of carboxylic acid groups (broad SMARTS) is 1. The van der Waals surface area contributed by atoms with Crippen molar-refractivity contribution in [3.63, 3.8) is 0 Å². The molecule has 4 rings (SSSR count). The van der Waals surface area contributed by atoms with E-state index in [2.05, 4.69) is 10.2 Å². The van der Waals surface area contributed by atoms with Gasteiger partial charge in [-0.15, -0.1) is 11.3 Å². The van der Waals surface area contributed by atoms with Gasteiger partial charge in [-0.1, -0.05) is 0 Å². The number of aryl methyl sites for hydroxylation is 1. The van der Waals surface area contributed by atoms with Gasteiger partial charge in [0.25, 0.3) is 5.91 Å². The van der Waals surface area contributed by atoms with Crippen molar-refractivity contribution in [2.24, 2.45) is 0 Å². The number of thiophene rings is 1. The third-order valence-corrected chi connectivity index (χ3v) is 6.50. The molecule has 2 N–H and O–H groups in total. The molecule has 7 heteroatoms. The number of carbonyl (C=O) groups excluding carboxylic acids is 1. The van der Waals surface area contributed by atoms with Crippen LogP contribution in [0.2, 0.25) is 0 Å². The van der Waals surface area contributed by atoms with Crippen LogP contribution in [0.1, 0.15) is 44.0 Å². The molecule has 2 aliphatic rings. The van der Waals surface area contributed by atoms with Crippen molar-refractivity contribution < 1.29 is 19.4 Å². The summed E-state index contributed by atoms with van der Waals surface area (Å²) in [5.41, 5.74) is 2.74. The fourth-order valence-corrected chi connectivity index (χ4v) is 4.95. The fourth-order valence-electron chi connectivity index (χ4n) is 3.68. The summed E-state index contributed by atoms with van der Waals surface area (Å²) in [7, 11) is 1.71. The lowest BCUT2D eigenvalue weighted by Crippen LogP contribution is -2.51. The Balaban J connectivity index is 1.49. The molecule has 1 aromatic heterocycles. The van der Waals surface area contributed by atoms with Gasteiger partial charge in [0, 0.05) is 36.3 Å². The van der Waals surface area contributed by atoms with E-state index < -0.39 is 5.97 Å². The highest BCUT2D eigenvalue weighted by atomic mass is 32.1. The molecule has 0 radical (unpaired) electrons. The lowest BCUT2D eigenvalue weighted by atomic mass is 9.95. The normalized spacial score (nSPS) is 16.6. The Bertz CT molecular complexity index is 869. The number of hydrogen-bond donors (Lipinski definition) is 2. The summed E-state index contributed by atoms with van der Waals surface area (Å²) in [4.78, 5) is 27.6. The van der Waals surface area contributed by atoms with Crippen LogP contribution in [0.4, 0.5) is 10.7 Å². The fraction of sp³-hybridized carbons (Fsp3) is 0.400. The number of nitrogens with zero attached hydrogens (tertiary/aromatic N) is 1. The summed E-state index contributed by atoms with van der Waals surface area (Å²) in [5.74, 6) is -1.24. The first-order chi connectivity index (χ1) is 13.1. The van der Waals surface area contributed by atoms with Crippen LogP contribution >= 0.6 is 11.3 Å². The zero-order chi connectivity index (χ0) is 19.0. The predicted molar refractivity (Wildman–Crippen MR) is 105 cm³/mol. The van der Waals surface area contributed by atoms with Gasteiger partial charge in [0.1, 0.15) is 5.00 Å². The molecule has 1 fully saturated rings. The van der Waals surface area contributed by atoms with Gasteiger partial charge in [-0.3, -0.25) is 4.79 Å². The monoisotopic (exact) mass is 386 g/mol. The number of benzene rings is 1. The number of amides is 1. The van der Waals surface area contributed by atoms with Crippen LogP contribution < -0.4 is 10.2 Å². The Morgan fingerprint density at radius 3 is 2.56 bits per heavy atom. The van der Waals surface area contributed by atoms with Crippen molar-refractivity contribution in [3.05, 3.63) is 45.8 Å². The summed E-state index contributed by atoms with van der Waals surface area (Å²) in [6, 6.07) is 7.38. The first-order valence-electron chi connectivity index (χ1n) is 9.14. The number of anilines is 2. The second-order valence-corrected chi connectivity index (χ2v) is 8.09. The number of ether oxygens (including phenoxy) is 1. The highest BCUT2D eigenvalue weighted by Crippen LogP contribution is 2.38. The van der Waals surface area contributed by atoms with Gasteiger partial charge in [-0.05, 0) is 55.5 Å². The average Bonchev–Trinajstić information content (AvgIpc) is 2.99. The van der Waals surface area contributed by atoms with Crippen LogP contribution in [-0.2, 0) is 17.6 Å². The van der Waals surface area contributed by atoms with Crippen LogP contribution in [0.25, 0.3) is 0 Å². The molecule has 2 aromatic rings. The second-order valence-electron chi connectivity index (χ2n) is 6.98. The Kier molecular flexibility index (Phi) is 4.88. The van der Waals surface area contributed by atoms with E-state index in [1.54, 1.807) is 19.2 Å². The van der Waals surface area contributed by atoms with Crippen molar-refractivity contribution in [2.75, 3.05) is 30.4 Å². The molecule has 2 heterocycles. The summed E-state index contributed by atoms with van der Waals surface area (Å²) in [6.07, 6.45) is 4.01. The number of methoxy groups -OCH3 is 1. The Morgan fingerprint density at radius 2 is 1.89 bits per heavy atom. The zero-order valence-corrected chi connectivity index (χ0v) is 16.0. The molecule has 0 bridgehead atoms. The molecule has 1 aliphatic heterocycles. The molecule has 1 amide bonds. The molecule has 0 saturated carbocycles. The number of carbonyl (C=O) groups is 2. The zero-order valence-electron chi connectivity index (χ0n) is 15.2. The van der Waals surface area contributed by atoms with Crippen LogP contribution in [-0.4, -0.2) is 43.3 Å². The number of aromatic carboxylic acids is 1. The number of rotatable bonds is 5. The van der Waals surface area contributed by atoms with Crippen LogP contribution in [0.15, 0.2) is 24.3 Å². The maximum Gasteiger partial charge on any atom is 0.339 e. The van der Waals surface area contributed by atoms with E-state index in [1.807, 2.05) is 12.1 Å². The van der Waals surface area contributed by atoms with E-state index in [1.165, 1.54) is 11.3 Å². The minimum atomic E-state index is -0.967. The molecule has 142 valence electrons. The average molecular weight is 386 g/mol. The largest absolute Gasteiger partial charge is 0.478 e. The molecule has 1 aliphatic carbocycles. The van der Waals surface area contributed by atoms with Crippen molar-refractivity contribution in [1.82, 2.24) is 0 Å². The molecule has 0 unspecified atom stereocenters. The number of hydrogen-bond acceptors (Lipinski definition) is 5. The summed E-state index contributed by atoms with van der Waals surface area (Å²) >= 11 is 1.40.